The predicted molar refractivity (Wildman–Crippen MR) is 75.1 cm³/mol. The molecule has 2 heterocycles. The van der Waals surface area contributed by atoms with Gasteiger partial charge in [0.2, 0.25) is 0 Å². The van der Waals surface area contributed by atoms with E-state index in [1.165, 1.54) is 0 Å². The van der Waals surface area contributed by atoms with Crippen LogP contribution in [0.2, 0.25) is 0 Å². The molecule has 0 atom stereocenters. The molecule has 0 unspecified atom stereocenters. The lowest BCUT2D eigenvalue weighted by molar-refractivity contribution is 0.232. The molecule has 0 radical (unpaired) electrons. The number of aromatic nitrogens is 2. The molecule has 1 aromatic heterocycles. The van der Waals surface area contributed by atoms with E-state index in [1.807, 2.05) is 0 Å². The molecule has 6 heteroatoms. The van der Waals surface area contributed by atoms with Crippen molar-refractivity contribution < 1.29 is 0 Å². The summed E-state index contributed by atoms with van der Waals surface area (Å²) in [5.74, 6) is 0.534. The van der Waals surface area contributed by atoms with Crippen LogP contribution in [-0.2, 0) is 12.8 Å². The van der Waals surface area contributed by atoms with Crippen molar-refractivity contribution in [3.63, 3.8) is 0 Å². The van der Waals surface area contributed by atoms with E-state index in [4.69, 9.17) is 5.73 Å². The van der Waals surface area contributed by atoms with Gasteiger partial charge in [-0.05, 0) is 13.8 Å². The smallest absolute Gasteiger partial charge is 0.142 e. The van der Waals surface area contributed by atoms with Gasteiger partial charge in [-0.3, -0.25) is 4.98 Å². The van der Waals surface area contributed by atoms with Crippen molar-refractivity contribution in [2.75, 3.05) is 18.8 Å². The third-order valence-electron chi connectivity index (χ3n) is 2.95. The van der Waals surface area contributed by atoms with Gasteiger partial charge >= 0.3 is 0 Å². The molecule has 0 aromatic carbocycles. The maximum Gasteiger partial charge on any atom is 0.142 e. The second-order valence-electron chi connectivity index (χ2n) is 4.32. The molecule has 1 aliphatic heterocycles. The topological polar surface area (TPSA) is 55.0 Å². The molecule has 0 fully saturated rings. The highest BCUT2D eigenvalue weighted by Gasteiger charge is 2.17. The summed E-state index contributed by atoms with van der Waals surface area (Å²) < 4.78 is 0. The molecular formula is C11H20Cl2N4. The summed E-state index contributed by atoms with van der Waals surface area (Å²) in [6.07, 6.45) is 3.61. The minimum absolute atomic E-state index is 0. The number of rotatable bonds is 1. The van der Waals surface area contributed by atoms with Gasteiger partial charge in [-0.2, -0.15) is 0 Å². The number of fused-ring (bicyclic) bond motifs is 1. The number of halogens is 2. The first-order valence-corrected chi connectivity index (χ1v) is 5.51. The van der Waals surface area contributed by atoms with E-state index in [9.17, 15) is 0 Å². The van der Waals surface area contributed by atoms with Crippen molar-refractivity contribution in [1.29, 1.82) is 0 Å². The van der Waals surface area contributed by atoms with E-state index < -0.39 is 0 Å². The van der Waals surface area contributed by atoms with Crippen molar-refractivity contribution in [2.45, 2.75) is 32.7 Å². The van der Waals surface area contributed by atoms with E-state index >= 15 is 0 Å². The van der Waals surface area contributed by atoms with Gasteiger partial charge in [-0.1, -0.05) is 0 Å². The van der Waals surface area contributed by atoms with Crippen LogP contribution in [0.4, 0.5) is 5.82 Å². The van der Waals surface area contributed by atoms with Crippen molar-refractivity contribution in [1.82, 2.24) is 14.9 Å². The normalized spacial score (nSPS) is 15.5. The maximum atomic E-state index is 5.64. The van der Waals surface area contributed by atoms with E-state index in [1.54, 1.807) is 6.20 Å². The zero-order chi connectivity index (χ0) is 10.8. The Morgan fingerprint density at radius 1 is 1.18 bits per heavy atom. The van der Waals surface area contributed by atoms with Gasteiger partial charge in [0, 0.05) is 32.0 Å². The van der Waals surface area contributed by atoms with E-state index in [-0.39, 0.29) is 24.8 Å². The second kappa shape index (κ2) is 6.99. The molecule has 4 nitrogen and oxygen atoms in total. The van der Waals surface area contributed by atoms with Gasteiger partial charge in [0.15, 0.2) is 0 Å². The van der Waals surface area contributed by atoms with Gasteiger partial charge in [0.1, 0.15) is 5.82 Å². The molecule has 2 rings (SSSR count). The fourth-order valence-corrected chi connectivity index (χ4v) is 2.00. The summed E-state index contributed by atoms with van der Waals surface area (Å²) >= 11 is 0. The van der Waals surface area contributed by atoms with Crippen LogP contribution in [0.3, 0.4) is 0 Å². The van der Waals surface area contributed by atoms with Crippen molar-refractivity contribution in [3.8, 4) is 0 Å². The molecule has 98 valence electrons. The molecule has 0 amide bonds. The fourth-order valence-electron chi connectivity index (χ4n) is 2.00. The average molecular weight is 279 g/mol. The van der Waals surface area contributed by atoms with Crippen LogP contribution >= 0.6 is 24.8 Å². The number of nitrogen functional groups attached to an aromatic ring is 1. The minimum Gasteiger partial charge on any atom is -0.382 e. The Balaban J connectivity index is 0.00000128. The molecular weight excluding hydrogens is 259 g/mol. The van der Waals surface area contributed by atoms with Gasteiger partial charge in [-0.15, -0.1) is 24.8 Å². The maximum absolute atomic E-state index is 5.64. The Bertz CT molecular complexity index is 357. The third-order valence-corrected chi connectivity index (χ3v) is 2.95. The van der Waals surface area contributed by atoms with Crippen LogP contribution in [0.25, 0.3) is 0 Å². The zero-order valence-corrected chi connectivity index (χ0v) is 11.9. The summed E-state index contributed by atoms with van der Waals surface area (Å²) in [6.45, 7) is 6.59. The van der Waals surface area contributed by atoms with Crippen LogP contribution in [0, 0.1) is 0 Å². The Morgan fingerprint density at radius 2 is 1.76 bits per heavy atom. The van der Waals surface area contributed by atoms with Gasteiger partial charge in [-0.25, -0.2) is 4.98 Å². The van der Waals surface area contributed by atoms with Crippen molar-refractivity contribution in [2.24, 2.45) is 0 Å². The Morgan fingerprint density at radius 3 is 2.35 bits per heavy atom. The van der Waals surface area contributed by atoms with Gasteiger partial charge in [0.25, 0.3) is 0 Å². The van der Waals surface area contributed by atoms with Crippen molar-refractivity contribution in [3.05, 3.63) is 17.6 Å². The third kappa shape index (κ3) is 3.98. The van der Waals surface area contributed by atoms with Gasteiger partial charge < -0.3 is 10.6 Å². The highest BCUT2D eigenvalue weighted by atomic mass is 35.5. The molecule has 0 spiro atoms. The zero-order valence-electron chi connectivity index (χ0n) is 10.2. The Hall–Kier alpha value is -0.580. The summed E-state index contributed by atoms with van der Waals surface area (Å²) in [5.41, 5.74) is 7.84. The monoisotopic (exact) mass is 278 g/mol. The molecule has 0 saturated heterocycles. The Kier molecular flexibility index (Phi) is 6.75. The summed E-state index contributed by atoms with van der Waals surface area (Å²) in [7, 11) is 0. The Labute approximate surface area is 115 Å². The second-order valence-corrected chi connectivity index (χ2v) is 4.32. The first-order valence-electron chi connectivity index (χ1n) is 5.51. The number of nitrogens with zero attached hydrogens (tertiary/aromatic N) is 3. The summed E-state index contributed by atoms with van der Waals surface area (Å²) in [5, 5.41) is 0. The number of hydrogen-bond donors (Lipinski definition) is 1. The van der Waals surface area contributed by atoms with E-state index in [0.717, 1.165) is 37.3 Å². The standard InChI is InChI=1S/C11H18N4.2ClH/c1-8(2)15-5-3-9-10(4-6-15)14-11(12)7-13-9;;/h7-8H,3-6H2,1-2H3,(H2,12,14);2*1H. The highest BCUT2D eigenvalue weighted by molar-refractivity contribution is 5.85. The SMILES string of the molecule is CC(C)N1CCc2ncc(N)nc2CC1.Cl.Cl. The molecule has 1 aliphatic rings. The van der Waals surface area contributed by atoms with Gasteiger partial charge in [0.05, 0.1) is 17.6 Å². The van der Waals surface area contributed by atoms with E-state index in [0.29, 0.717) is 11.9 Å². The highest BCUT2D eigenvalue weighted by Crippen LogP contribution is 2.14. The molecule has 0 saturated carbocycles. The molecule has 17 heavy (non-hydrogen) atoms. The molecule has 0 bridgehead atoms. The largest absolute Gasteiger partial charge is 0.382 e. The lowest BCUT2D eigenvalue weighted by Gasteiger charge is -2.23. The molecule has 0 aliphatic carbocycles. The molecule has 2 N–H and O–H groups in total. The summed E-state index contributed by atoms with van der Waals surface area (Å²) in [4.78, 5) is 11.2. The fraction of sp³-hybridized carbons (Fsp3) is 0.636. The molecule has 1 aromatic rings. The van der Waals surface area contributed by atoms with Crippen LogP contribution in [0.1, 0.15) is 25.2 Å². The number of anilines is 1. The number of nitrogens with two attached hydrogens (primary N) is 1. The summed E-state index contributed by atoms with van der Waals surface area (Å²) in [6, 6.07) is 0.594. The first-order chi connectivity index (χ1) is 7.16. The van der Waals surface area contributed by atoms with Crippen LogP contribution in [0.15, 0.2) is 6.20 Å². The quantitative estimate of drug-likeness (QED) is 0.850. The van der Waals surface area contributed by atoms with Crippen LogP contribution in [0.5, 0.6) is 0 Å². The lowest BCUT2D eigenvalue weighted by Crippen LogP contribution is -2.33. The predicted octanol–water partition coefficient (Wildman–Crippen LogP) is 1.71. The number of hydrogen-bond acceptors (Lipinski definition) is 4. The first kappa shape index (κ1) is 16.4. The van der Waals surface area contributed by atoms with Crippen molar-refractivity contribution >= 4 is 30.6 Å². The average Bonchev–Trinajstić information content (AvgIpc) is 2.39. The van der Waals surface area contributed by atoms with Crippen LogP contribution < -0.4 is 5.73 Å². The van der Waals surface area contributed by atoms with Crippen LogP contribution in [-0.4, -0.2) is 34.0 Å². The van der Waals surface area contributed by atoms with E-state index in [2.05, 4.69) is 28.7 Å². The lowest BCUT2D eigenvalue weighted by atomic mass is 10.2. The minimum atomic E-state index is 0.